The summed E-state index contributed by atoms with van der Waals surface area (Å²) >= 11 is 5.24. The number of H-pyrrole nitrogens is 1. The van der Waals surface area contributed by atoms with Crippen molar-refractivity contribution in [2.75, 3.05) is 0 Å². The van der Waals surface area contributed by atoms with E-state index in [1.165, 1.54) is 4.68 Å². The topological polar surface area (TPSA) is 79.0 Å². The van der Waals surface area contributed by atoms with Gasteiger partial charge in [0.25, 0.3) is 0 Å². The molecular weight excluding hydrogens is 346 g/mol. The Balaban J connectivity index is 1.79. The molecule has 0 atom stereocenters. The Bertz CT molecular complexity index is 1020. The number of nitriles is 1. The van der Waals surface area contributed by atoms with Gasteiger partial charge in [-0.2, -0.15) is 20.1 Å². The molecule has 1 aromatic heterocycles. The monoisotopic (exact) mass is 363 g/mol. The van der Waals surface area contributed by atoms with E-state index in [9.17, 15) is 0 Å². The van der Waals surface area contributed by atoms with Crippen molar-refractivity contribution in [2.24, 2.45) is 5.10 Å². The first-order valence-electron chi connectivity index (χ1n) is 7.98. The van der Waals surface area contributed by atoms with E-state index in [0.29, 0.717) is 16.2 Å². The molecular formula is C19H17N5OS. The lowest BCUT2D eigenvalue weighted by molar-refractivity contribution is 0.287. The van der Waals surface area contributed by atoms with E-state index in [0.717, 1.165) is 22.4 Å². The summed E-state index contributed by atoms with van der Waals surface area (Å²) < 4.78 is 7.84. The van der Waals surface area contributed by atoms with Crippen LogP contribution in [0.15, 0.2) is 47.6 Å². The molecule has 0 aliphatic carbocycles. The molecule has 0 saturated carbocycles. The molecule has 0 spiro atoms. The Morgan fingerprint density at radius 3 is 2.58 bits per heavy atom. The minimum Gasteiger partial charge on any atom is -0.485 e. The lowest BCUT2D eigenvalue weighted by Crippen LogP contribution is -2.05. The van der Waals surface area contributed by atoms with Gasteiger partial charge in [0, 0.05) is 0 Å². The van der Waals surface area contributed by atoms with Crippen LogP contribution < -0.4 is 4.74 Å². The number of hydrogen-bond acceptors (Lipinski definition) is 5. The summed E-state index contributed by atoms with van der Waals surface area (Å²) in [6, 6.07) is 15.2. The van der Waals surface area contributed by atoms with Gasteiger partial charge in [-0.05, 0) is 54.9 Å². The van der Waals surface area contributed by atoms with Crippen molar-refractivity contribution in [3.05, 3.63) is 75.3 Å². The number of aromatic nitrogens is 3. The Labute approximate surface area is 156 Å². The zero-order valence-electron chi connectivity index (χ0n) is 14.4. The van der Waals surface area contributed by atoms with Gasteiger partial charge >= 0.3 is 0 Å². The first-order valence-corrected chi connectivity index (χ1v) is 8.39. The van der Waals surface area contributed by atoms with Crippen LogP contribution in [-0.4, -0.2) is 21.1 Å². The van der Waals surface area contributed by atoms with E-state index >= 15 is 0 Å². The summed E-state index contributed by atoms with van der Waals surface area (Å²) in [6.45, 7) is 4.24. The Morgan fingerprint density at radius 1 is 1.23 bits per heavy atom. The quantitative estimate of drug-likeness (QED) is 0.551. The van der Waals surface area contributed by atoms with Crippen LogP contribution in [0.25, 0.3) is 0 Å². The number of para-hydroxylation sites is 1. The molecule has 0 aliphatic rings. The van der Waals surface area contributed by atoms with Crippen molar-refractivity contribution in [2.45, 2.75) is 20.5 Å². The third kappa shape index (κ3) is 3.87. The van der Waals surface area contributed by atoms with E-state index < -0.39 is 0 Å². The molecule has 0 unspecified atom stereocenters. The Kier molecular flexibility index (Phi) is 5.25. The molecule has 7 heteroatoms. The summed E-state index contributed by atoms with van der Waals surface area (Å²) in [4.78, 5) is 0. The Hall–Kier alpha value is -3.24. The van der Waals surface area contributed by atoms with Gasteiger partial charge in [0.15, 0.2) is 5.82 Å². The molecule has 1 heterocycles. The van der Waals surface area contributed by atoms with Gasteiger partial charge in [0.2, 0.25) is 4.77 Å². The number of rotatable bonds is 5. The first kappa shape index (κ1) is 17.6. The number of nitrogens with one attached hydrogen (secondary N) is 1. The number of aryl methyl sites for hydroxylation is 2. The maximum absolute atomic E-state index is 8.85. The zero-order valence-corrected chi connectivity index (χ0v) is 15.2. The van der Waals surface area contributed by atoms with E-state index in [-0.39, 0.29) is 6.61 Å². The van der Waals surface area contributed by atoms with E-state index in [2.05, 4.69) is 21.4 Å². The number of benzene rings is 2. The van der Waals surface area contributed by atoms with Crippen LogP contribution >= 0.6 is 12.2 Å². The predicted octanol–water partition coefficient (Wildman–Crippen LogP) is 3.89. The van der Waals surface area contributed by atoms with E-state index in [4.69, 9.17) is 22.2 Å². The lowest BCUT2D eigenvalue weighted by Gasteiger charge is -2.11. The summed E-state index contributed by atoms with van der Waals surface area (Å²) in [5.41, 5.74) is 3.58. The number of hydrogen-bond donors (Lipinski definition) is 1. The molecule has 3 rings (SSSR count). The molecule has 2 aromatic carbocycles. The zero-order chi connectivity index (χ0) is 18.5. The van der Waals surface area contributed by atoms with Gasteiger partial charge < -0.3 is 4.74 Å². The summed E-state index contributed by atoms with van der Waals surface area (Å²) in [5.74, 6) is 1.41. The van der Waals surface area contributed by atoms with Crippen molar-refractivity contribution >= 4 is 18.4 Å². The second kappa shape index (κ2) is 7.76. The van der Waals surface area contributed by atoms with Crippen molar-refractivity contribution < 1.29 is 4.74 Å². The second-order valence-corrected chi connectivity index (χ2v) is 6.13. The average Bonchev–Trinajstić information content (AvgIpc) is 3.00. The molecule has 0 aliphatic heterocycles. The van der Waals surface area contributed by atoms with Gasteiger partial charge in [-0.3, -0.25) is 0 Å². The molecule has 3 aromatic rings. The number of nitrogens with zero attached hydrogens (tertiary/aromatic N) is 4. The minimum atomic E-state index is 0.240. The first-order chi connectivity index (χ1) is 12.6. The lowest BCUT2D eigenvalue weighted by atomic mass is 10.1. The predicted molar refractivity (Wildman–Crippen MR) is 102 cm³/mol. The highest BCUT2D eigenvalue weighted by Crippen LogP contribution is 2.23. The SMILES string of the molecule is Cc1cccc(C)c1OCc1n[nH]c(=S)n1/N=C\c1ccc(C#N)cc1. The third-order valence-corrected chi connectivity index (χ3v) is 4.10. The normalized spacial score (nSPS) is 10.8. The standard InChI is InChI=1S/C19H17N5OS/c1-13-4-3-5-14(2)18(13)25-12-17-22-23-19(26)24(17)21-11-16-8-6-15(10-20)7-9-16/h3-9,11H,12H2,1-2H3,(H,23,26)/b21-11-. The van der Waals surface area contributed by atoms with Crippen LogP contribution in [-0.2, 0) is 6.61 Å². The smallest absolute Gasteiger partial charge is 0.216 e. The molecule has 0 saturated heterocycles. The van der Waals surface area contributed by atoms with Crippen molar-refractivity contribution in [3.8, 4) is 11.8 Å². The van der Waals surface area contributed by atoms with Crippen LogP contribution in [0.5, 0.6) is 5.75 Å². The minimum absolute atomic E-state index is 0.240. The molecule has 0 amide bonds. The van der Waals surface area contributed by atoms with Crippen LogP contribution in [0.2, 0.25) is 0 Å². The molecule has 1 N–H and O–H groups in total. The van der Waals surface area contributed by atoms with Gasteiger partial charge in [-0.25, -0.2) is 5.10 Å². The van der Waals surface area contributed by atoms with Gasteiger partial charge in [0.1, 0.15) is 12.4 Å². The van der Waals surface area contributed by atoms with Gasteiger partial charge in [-0.15, -0.1) is 0 Å². The molecule has 6 nitrogen and oxygen atoms in total. The summed E-state index contributed by atoms with van der Waals surface area (Å²) in [6.07, 6.45) is 1.66. The van der Waals surface area contributed by atoms with Crippen molar-refractivity contribution in [1.29, 1.82) is 5.26 Å². The molecule has 26 heavy (non-hydrogen) atoms. The fourth-order valence-electron chi connectivity index (χ4n) is 2.47. The highest BCUT2D eigenvalue weighted by atomic mass is 32.1. The highest BCUT2D eigenvalue weighted by molar-refractivity contribution is 7.71. The fraction of sp³-hybridized carbons (Fsp3) is 0.158. The number of aromatic amines is 1. The average molecular weight is 363 g/mol. The highest BCUT2D eigenvalue weighted by Gasteiger charge is 2.09. The fourth-order valence-corrected chi connectivity index (χ4v) is 2.67. The van der Waals surface area contributed by atoms with Gasteiger partial charge in [0.05, 0.1) is 17.8 Å². The van der Waals surface area contributed by atoms with E-state index in [1.54, 1.807) is 18.3 Å². The Morgan fingerprint density at radius 2 is 1.92 bits per heavy atom. The third-order valence-electron chi connectivity index (χ3n) is 3.83. The maximum Gasteiger partial charge on any atom is 0.216 e. The van der Waals surface area contributed by atoms with Crippen LogP contribution in [0.4, 0.5) is 0 Å². The van der Waals surface area contributed by atoms with Crippen LogP contribution in [0, 0.1) is 29.9 Å². The van der Waals surface area contributed by atoms with E-state index in [1.807, 2.05) is 44.2 Å². The van der Waals surface area contributed by atoms with Crippen LogP contribution in [0.3, 0.4) is 0 Å². The van der Waals surface area contributed by atoms with Crippen molar-refractivity contribution in [1.82, 2.24) is 14.9 Å². The molecule has 0 bridgehead atoms. The maximum atomic E-state index is 8.85. The summed E-state index contributed by atoms with van der Waals surface area (Å²) in [5, 5.41) is 20.2. The summed E-state index contributed by atoms with van der Waals surface area (Å²) in [7, 11) is 0. The molecule has 130 valence electrons. The number of ether oxygens (including phenoxy) is 1. The van der Waals surface area contributed by atoms with Crippen LogP contribution in [0.1, 0.15) is 28.1 Å². The largest absolute Gasteiger partial charge is 0.485 e. The van der Waals surface area contributed by atoms with Gasteiger partial charge in [-0.1, -0.05) is 30.3 Å². The van der Waals surface area contributed by atoms with Crippen molar-refractivity contribution in [3.63, 3.8) is 0 Å². The molecule has 0 fully saturated rings. The molecule has 0 radical (unpaired) electrons. The second-order valence-electron chi connectivity index (χ2n) is 5.74.